The molecule has 0 fully saturated rings. The molecule has 0 atom stereocenters. The van der Waals surface area contributed by atoms with E-state index >= 15 is 0 Å². The molecule has 0 bridgehead atoms. The lowest BCUT2D eigenvalue weighted by molar-refractivity contribution is -0.120. The van der Waals surface area contributed by atoms with E-state index in [2.05, 4.69) is 25.6 Å². The van der Waals surface area contributed by atoms with Crippen molar-refractivity contribution in [3.63, 3.8) is 0 Å². The SMILES string of the molecule is CN(C)C(=O)c1ccc(-c2ccc(Nc3cncc(CC(=O)NCc4cccnc4)c3)nc2)cc1. The van der Waals surface area contributed by atoms with E-state index in [1.54, 1.807) is 50.0 Å². The molecule has 0 spiro atoms. The lowest BCUT2D eigenvalue weighted by Crippen LogP contribution is -2.24. The van der Waals surface area contributed by atoms with Crippen molar-refractivity contribution >= 4 is 23.3 Å². The minimum atomic E-state index is -0.0893. The van der Waals surface area contributed by atoms with Crippen LogP contribution in [-0.2, 0) is 17.8 Å². The highest BCUT2D eigenvalue weighted by Gasteiger charge is 2.09. The summed E-state index contributed by atoms with van der Waals surface area (Å²) >= 11 is 0. The topological polar surface area (TPSA) is 100 Å². The van der Waals surface area contributed by atoms with Crippen molar-refractivity contribution in [1.29, 1.82) is 0 Å². The van der Waals surface area contributed by atoms with E-state index < -0.39 is 0 Å². The molecule has 176 valence electrons. The summed E-state index contributed by atoms with van der Waals surface area (Å²) in [5.41, 5.74) is 5.04. The lowest BCUT2D eigenvalue weighted by atomic mass is 10.1. The molecule has 2 amide bonds. The standard InChI is InChI=1S/C27H26N6O2/c1-33(2)27(35)22-7-5-21(6-8-22)23-9-10-25(30-17-23)32-24-12-20(15-29-18-24)13-26(34)31-16-19-4-3-11-28-14-19/h3-12,14-15,17-18H,13,16H2,1-2H3,(H,30,32)(H,31,34). The average Bonchev–Trinajstić information content (AvgIpc) is 2.88. The molecule has 0 aliphatic rings. The molecule has 8 nitrogen and oxygen atoms in total. The van der Waals surface area contributed by atoms with Crippen molar-refractivity contribution in [1.82, 2.24) is 25.2 Å². The average molecular weight is 467 g/mol. The normalized spacial score (nSPS) is 10.5. The lowest BCUT2D eigenvalue weighted by Gasteiger charge is -2.11. The van der Waals surface area contributed by atoms with Crippen molar-refractivity contribution in [3.8, 4) is 11.1 Å². The fourth-order valence-electron chi connectivity index (χ4n) is 3.45. The molecule has 0 aliphatic carbocycles. The summed E-state index contributed by atoms with van der Waals surface area (Å²) in [6, 6.07) is 16.9. The zero-order valence-electron chi connectivity index (χ0n) is 19.6. The summed E-state index contributed by atoms with van der Waals surface area (Å²) < 4.78 is 0. The molecule has 0 radical (unpaired) electrons. The summed E-state index contributed by atoms with van der Waals surface area (Å²) in [5, 5.41) is 6.12. The van der Waals surface area contributed by atoms with Crippen LogP contribution in [0.15, 0.2) is 85.6 Å². The number of carbonyl (C=O) groups is 2. The second kappa shape index (κ2) is 11.0. The molecule has 1 aromatic carbocycles. The van der Waals surface area contributed by atoms with E-state index in [0.29, 0.717) is 17.9 Å². The van der Waals surface area contributed by atoms with Gasteiger partial charge in [-0.3, -0.25) is 19.6 Å². The van der Waals surface area contributed by atoms with Crippen molar-refractivity contribution in [2.45, 2.75) is 13.0 Å². The molecular weight excluding hydrogens is 440 g/mol. The Bertz CT molecular complexity index is 1290. The van der Waals surface area contributed by atoms with E-state index in [4.69, 9.17) is 0 Å². The molecule has 0 saturated heterocycles. The van der Waals surface area contributed by atoms with Crippen LogP contribution in [-0.4, -0.2) is 45.8 Å². The van der Waals surface area contributed by atoms with Gasteiger partial charge in [-0.15, -0.1) is 0 Å². The Balaban J connectivity index is 1.35. The van der Waals surface area contributed by atoms with Crippen LogP contribution in [0.1, 0.15) is 21.5 Å². The molecular formula is C27H26N6O2. The second-order valence-electron chi connectivity index (χ2n) is 8.23. The Morgan fingerprint density at radius 1 is 0.857 bits per heavy atom. The number of carbonyl (C=O) groups excluding carboxylic acids is 2. The number of aromatic nitrogens is 3. The summed E-state index contributed by atoms with van der Waals surface area (Å²) in [7, 11) is 3.46. The van der Waals surface area contributed by atoms with E-state index in [-0.39, 0.29) is 18.2 Å². The molecule has 35 heavy (non-hydrogen) atoms. The van der Waals surface area contributed by atoms with Gasteiger partial charge in [0, 0.05) is 56.6 Å². The van der Waals surface area contributed by atoms with E-state index in [1.807, 2.05) is 54.6 Å². The van der Waals surface area contributed by atoms with Gasteiger partial charge < -0.3 is 15.5 Å². The van der Waals surface area contributed by atoms with Gasteiger partial charge in [0.25, 0.3) is 5.91 Å². The first-order chi connectivity index (χ1) is 17.0. The van der Waals surface area contributed by atoms with Gasteiger partial charge in [0.15, 0.2) is 0 Å². The van der Waals surface area contributed by atoms with Crippen molar-refractivity contribution in [3.05, 3.63) is 102 Å². The number of pyridine rings is 3. The van der Waals surface area contributed by atoms with Gasteiger partial charge in [-0.2, -0.15) is 0 Å². The third kappa shape index (κ3) is 6.48. The van der Waals surface area contributed by atoms with Gasteiger partial charge in [-0.25, -0.2) is 4.98 Å². The fraction of sp³-hybridized carbons (Fsp3) is 0.148. The highest BCUT2D eigenvalue weighted by molar-refractivity contribution is 5.94. The number of benzene rings is 1. The second-order valence-corrected chi connectivity index (χ2v) is 8.23. The van der Waals surface area contributed by atoms with Crippen LogP contribution in [0.25, 0.3) is 11.1 Å². The molecule has 2 N–H and O–H groups in total. The van der Waals surface area contributed by atoms with Crippen LogP contribution in [0.5, 0.6) is 0 Å². The number of amides is 2. The first-order valence-electron chi connectivity index (χ1n) is 11.1. The Morgan fingerprint density at radius 3 is 2.31 bits per heavy atom. The summed E-state index contributed by atoms with van der Waals surface area (Å²) in [5.74, 6) is 0.540. The van der Waals surface area contributed by atoms with Crippen LogP contribution in [0.2, 0.25) is 0 Å². The van der Waals surface area contributed by atoms with Gasteiger partial charge in [0.1, 0.15) is 5.82 Å². The third-order valence-electron chi connectivity index (χ3n) is 5.28. The molecule has 3 heterocycles. The molecule has 4 aromatic rings. The maximum atomic E-state index is 12.3. The minimum Gasteiger partial charge on any atom is -0.352 e. The summed E-state index contributed by atoms with van der Waals surface area (Å²) in [6.07, 6.45) is 8.79. The quantitative estimate of drug-likeness (QED) is 0.409. The van der Waals surface area contributed by atoms with Crippen LogP contribution in [0.3, 0.4) is 0 Å². The largest absolute Gasteiger partial charge is 0.352 e. The van der Waals surface area contributed by atoms with Crippen molar-refractivity contribution in [2.24, 2.45) is 0 Å². The van der Waals surface area contributed by atoms with Gasteiger partial charge >= 0.3 is 0 Å². The predicted molar refractivity (Wildman–Crippen MR) is 135 cm³/mol. The Kier molecular flexibility index (Phi) is 7.42. The Hall–Kier alpha value is -4.59. The third-order valence-corrected chi connectivity index (χ3v) is 5.28. The number of hydrogen-bond donors (Lipinski definition) is 2. The Morgan fingerprint density at radius 2 is 1.63 bits per heavy atom. The van der Waals surface area contributed by atoms with E-state index in [0.717, 1.165) is 27.9 Å². The summed E-state index contributed by atoms with van der Waals surface area (Å²) in [6.45, 7) is 0.434. The Labute approximate surface area is 204 Å². The molecule has 3 aromatic heterocycles. The minimum absolute atomic E-state index is 0.0314. The zero-order chi connectivity index (χ0) is 24.6. The number of rotatable bonds is 8. The monoisotopic (exact) mass is 466 g/mol. The maximum Gasteiger partial charge on any atom is 0.253 e. The van der Waals surface area contributed by atoms with Gasteiger partial charge in [0.2, 0.25) is 5.91 Å². The van der Waals surface area contributed by atoms with E-state index in [1.165, 1.54) is 0 Å². The highest BCUT2D eigenvalue weighted by atomic mass is 16.2. The van der Waals surface area contributed by atoms with Crippen molar-refractivity contribution in [2.75, 3.05) is 19.4 Å². The number of hydrogen-bond acceptors (Lipinski definition) is 6. The number of anilines is 2. The van der Waals surface area contributed by atoms with Crippen molar-refractivity contribution < 1.29 is 9.59 Å². The molecule has 0 saturated carbocycles. The maximum absolute atomic E-state index is 12.3. The zero-order valence-corrected chi connectivity index (χ0v) is 19.6. The predicted octanol–water partition coefficient (Wildman–Crippen LogP) is 3.84. The number of nitrogens with one attached hydrogen (secondary N) is 2. The summed E-state index contributed by atoms with van der Waals surface area (Å²) in [4.78, 5) is 38.7. The van der Waals surface area contributed by atoms with Crippen LogP contribution < -0.4 is 10.6 Å². The fourth-order valence-corrected chi connectivity index (χ4v) is 3.45. The van der Waals surface area contributed by atoms with Gasteiger partial charge in [-0.05, 0) is 53.1 Å². The van der Waals surface area contributed by atoms with Gasteiger partial charge in [0.05, 0.1) is 18.3 Å². The first-order valence-corrected chi connectivity index (χ1v) is 11.1. The van der Waals surface area contributed by atoms with Crippen LogP contribution in [0.4, 0.5) is 11.5 Å². The van der Waals surface area contributed by atoms with Crippen LogP contribution in [0, 0.1) is 0 Å². The molecule has 0 aliphatic heterocycles. The number of nitrogens with zero attached hydrogens (tertiary/aromatic N) is 4. The molecule has 8 heteroatoms. The van der Waals surface area contributed by atoms with Gasteiger partial charge in [-0.1, -0.05) is 18.2 Å². The van der Waals surface area contributed by atoms with Crippen LogP contribution >= 0.6 is 0 Å². The molecule has 0 unspecified atom stereocenters. The van der Waals surface area contributed by atoms with E-state index in [9.17, 15) is 9.59 Å². The smallest absolute Gasteiger partial charge is 0.253 e. The first kappa shape index (κ1) is 23.6. The highest BCUT2D eigenvalue weighted by Crippen LogP contribution is 2.22. The molecule has 4 rings (SSSR count).